The van der Waals surface area contributed by atoms with E-state index in [1.54, 1.807) is 7.05 Å². The second-order valence-electron chi connectivity index (χ2n) is 3.28. The fourth-order valence-electron chi connectivity index (χ4n) is 0.960. The average molecular weight is 306 g/mol. The van der Waals surface area contributed by atoms with Crippen LogP contribution in [0.3, 0.4) is 0 Å². The minimum absolute atomic E-state index is 0.0190. The van der Waals surface area contributed by atoms with Gasteiger partial charge in [0.05, 0.1) is 13.0 Å². The van der Waals surface area contributed by atoms with Gasteiger partial charge in [0, 0.05) is 18.9 Å². The van der Waals surface area contributed by atoms with E-state index in [-0.39, 0.29) is 18.9 Å². The summed E-state index contributed by atoms with van der Waals surface area (Å²) in [6, 6.07) is 0. The lowest BCUT2D eigenvalue weighted by molar-refractivity contribution is -0.175. The van der Waals surface area contributed by atoms with Crippen LogP contribution in [0.5, 0.6) is 0 Å². The Hall–Kier alpha value is -0.300. The standard InChI is InChI=1S/C9H15BrF3NO2/c1-14(5-2-4-10)8(15)3-6-16-7-9(11,12)13/h2-7H2,1H3. The molecule has 0 radical (unpaired) electrons. The molecule has 0 aromatic carbocycles. The second-order valence-corrected chi connectivity index (χ2v) is 4.07. The first-order chi connectivity index (χ1) is 7.37. The first-order valence-corrected chi connectivity index (χ1v) is 5.93. The number of ether oxygens (including phenoxy) is 1. The number of carbonyl (C=O) groups excluding carboxylic acids is 1. The summed E-state index contributed by atoms with van der Waals surface area (Å²) in [6.45, 7) is -0.911. The van der Waals surface area contributed by atoms with Crippen molar-refractivity contribution >= 4 is 21.8 Å². The van der Waals surface area contributed by atoms with Gasteiger partial charge in [-0.1, -0.05) is 15.9 Å². The minimum Gasteiger partial charge on any atom is -0.372 e. The third-order valence-electron chi connectivity index (χ3n) is 1.78. The van der Waals surface area contributed by atoms with E-state index in [0.717, 1.165) is 11.8 Å². The monoisotopic (exact) mass is 305 g/mol. The normalized spacial score (nSPS) is 11.6. The summed E-state index contributed by atoms with van der Waals surface area (Å²) in [5.41, 5.74) is 0. The van der Waals surface area contributed by atoms with Crippen LogP contribution >= 0.6 is 15.9 Å². The van der Waals surface area contributed by atoms with E-state index in [2.05, 4.69) is 20.7 Å². The van der Waals surface area contributed by atoms with E-state index >= 15 is 0 Å². The highest BCUT2D eigenvalue weighted by atomic mass is 79.9. The molecule has 0 aliphatic heterocycles. The van der Waals surface area contributed by atoms with E-state index in [1.807, 2.05) is 0 Å². The van der Waals surface area contributed by atoms with Crippen LogP contribution in [0, 0.1) is 0 Å². The lowest BCUT2D eigenvalue weighted by atomic mass is 10.3. The highest BCUT2D eigenvalue weighted by molar-refractivity contribution is 9.09. The minimum atomic E-state index is -4.33. The van der Waals surface area contributed by atoms with Crippen LogP contribution in [-0.4, -0.2) is 49.1 Å². The smallest absolute Gasteiger partial charge is 0.372 e. The molecule has 0 aliphatic rings. The van der Waals surface area contributed by atoms with Gasteiger partial charge in [-0.3, -0.25) is 4.79 Å². The third-order valence-corrected chi connectivity index (χ3v) is 2.34. The molecule has 0 aromatic rings. The van der Waals surface area contributed by atoms with Gasteiger partial charge in [0.15, 0.2) is 0 Å². The summed E-state index contributed by atoms with van der Waals surface area (Å²) in [5, 5.41) is 0.787. The van der Waals surface area contributed by atoms with Gasteiger partial charge in [-0.15, -0.1) is 0 Å². The lowest BCUT2D eigenvalue weighted by Crippen LogP contribution is -2.29. The van der Waals surface area contributed by atoms with Crippen molar-refractivity contribution in [2.75, 3.05) is 32.1 Å². The summed E-state index contributed by atoms with van der Waals surface area (Å²) < 4.78 is 39.4. The fourth-order valence-corrected chi connectivity index (χ4v) is 1.21. The van der Waals surface area contributed by atoms with Gasteiger partial charge in [-0.2, -0.15) is 13.2 Å². The molecule has 0 N–H and O–H groups in total. The van der Waals surface area contributed by atoms with E-state index in [1.165, 1.54) is 4.90 Å². The van der Waals surface area contributed by atoms with Crippen LogP contribution in [0.25, 0.3) is 0 Å². The van der Waals surface area contributed by atoms with Crippen molar-refractivity contribution in [3.63, 3.8) is 0 Å². The second kappa shape index (κ2) is 7.89. The molecule has 0 rings (SSSR count). The summed E-state index contributed by atoms with van der Waals surface area (Å²) in [7, 11) is 1.62. The van der Waals surface area contributed by atoms with Crippen molar-refractivity contribution in [1.29, 1.82) is 0 Å². The molecule has 7 heteroatoms. The zero-order valence-electron chi connectivity index (χ0n) is 9.02. The van der Waals surface area contributed by atoms with E-state index in [0.29, 0.717) is 6.54 Å². The Morgan fingerprint density at radius 2 is 2.06 bits per heavy atom. The topological polar surface area (TPSA) is 29.5 Å². The van der Waals surface area contributed by atoms with Crippen molar-refractivity contribution in [2.45, 2.75) is 19.0 Å². The number of alkyl halides is 4. The first kappa shape index (κ1) is 15.7. The van der Waals surface area contributed by atoms with Crippen molar-refractivity contribution in [2.24, 2.45) is 0 Å². The molecule has 0 spiro atoms. The van der Waals surface area contributed by atoms with Gasteiger partial charge in [0.1, 0.15) is 6.61 Å². The van der Waals surface area contributed by atoms with Crippen molar-refractivity contribution in [3.05, 3.63) is 0 Å². The Bertz CT molecular complexity index is 211. The van der Waals surface area contributed by atoms with Gasteiger partial charge in [-0.25, -0.2) is 0 Å². The van der Waals surface area contributed by atoms with Crippen LogP contribution in [0.15, 0.2) is 0 Å². The number of rotatable bonds is 7. The Morgan fingerprint density at radius 3 is 2.56 bits per heavy atom. The maximum Gasteiger partial charge on any atom is 0.411 e. The molecule has 0 saturated carbocycles. The number of halogens is 4. The van der Waals surface area contributed by atoms with Crippen LogP contribution in [0.2, 0.25) is 0 Å². The molecular formula is C9H15BrF3NO2. The summed E-state index contributed by atoms with van der Waals surface area (Å²) in [4.78, 5) is 12.8. The number of nitrogens with zero attached hydrogens (tertiary/aromatic N) is 1. The van der Waals surface area contributed by atoms with Crippen LogP contribution in [0.4, 0.5) is 13.2 Å². The number of hydrogen-bond donors (Lipinski definition) is 0. The van der Waals surface area contributed by atoms with Gasteiger partial charge >= 0.3 is 6.18 Å². The number of carbonyl (C=O) groups is 1. The predicted octanol–water partition coefficient (Wildman–Crippen LogP) is 2.20. The highest BCUT2D eigenvalue weighted by Gasteiger charge is 2.27. The Morgan fingerprint density at radius 1 is 1.44 bits per heavy atom. The predicted molar refractivity (Wildman–Crippen MR) is 57.5 cm³/mol. The number of hydrogen-bond acceptors (Lipinski definition) is 2. The molecule has 0 saturated heterocycles. The summed E-state index contributed by atoms with van der Waals surface area (Å²) in [6.07, 6.45) is -3.54. The molecular weight excluding hydrogens is 291 g/mol. The van der Waals surface area contributed by atoms with Gasteiger partial charge in [-0.05, 0) is 6.42 Å². The van der Waals surface area contributed by atoms with Crippen molar-refractivity contribution in [1.82, 2.24) is 4.90 Å². The van der Waals surface area contributed by atoms with Crippen molar-refractivity contribution < 1.29 is 22.7 Å². The molecule has 0 aromatic heterocycles. The zero-order valence-corrected chi connectivity index (χ0v) is 10.6. The first-order valence-electron chi connectivity index (χ1n) is 4.81. The van der Waals surface area contributed by atoms with Gasteiger partial charge in [0.2, 0.25) is 5.91 Å². The van der Waals surface area contributed by atoms with Crippen molar-refractivity contribution in [3.8, 4) is 0 Å². The molecule has 0 unspecified atom stereocenters. The Balaban J connectivity index is 3.57. The maximum absolute atomic E-state index is 11.7. The third kappa shape index (κ3) is 8.96. The van der Waals surface area contributed by atoms with Crippen LogP contribution in [-0.2, 0) is 9.53 Å². The molecule has 0 atom stereocenters. The van der Waals surface area contributed by atoms with Gasteiger partial charge < -0.3 is 9.64 Å². The molecule has 0 heterocycles. The maximum atomic E-state index is 11.7. The largest absolute Gasteiger partial charge is 0.411 e. The zero-order chi connectivity index (χ0) is 12.6. The Kier molecular flexibility index (Phi) is 7.74. The Labute approximate surface area is 101 Å². The van der Waals surface area contributed by atoms with Crippen LogP contribution < -0.4 is 0 Å². The lowest BCUT2D eigenvalue weighted by Gasteiger charge is -2.16. The quantitative estimate of drug-likeness (QED) is 0.533. The summed E-state index contributed by atoms with van der Waals surface area (Å²) in [5.74, 6) is -0.205. The molecule has 96 valence electrons. The SMILES string of the molecule is CN(CCCBr)C(=O)CCOCC(F)(F)F. The molecule has 16 heavy (non-hydrogen) atoms. The average Bonchev–Trinajstić information content (AvgIpc) is 2.19. The van der Waals surface area contributed by atoms with E-state index < -0.39 is 12.8 Å². The highest BCUT2D eigenvalue weighted by Crippen LogP contribution is 2.14. The number of amides is 1. The molecule has 0 bridgehead atoms. The van der Waals surface area contributed by atoms with Gasteiger partial charge in [0.25, 0.3) is 0 Å². The molecule has 3 nitrogen and oxygen atoms in total. The molecule has 1 amide bonds. The van der Waals surface area contributed by atoms with E-state index in [9.17, 15) is 18.0 Å². The summed E-state index contributed by atoms with van der Waals surface area (Å²) >= 11 is 3.23. The molecule has 0 aliphatic carbocycles. The molecule has 0 fully saturated rings. The van der Waals surface area contributed by atoms with E-state index in [4.69, 9.17) is 0 Å². The van der Waals surface area contributed by atoms with Crippen LogP contribution in [0.1, 0.15) is 12.8 Å². The fraction of sp³-hybridized carbons (Fsp3) is 0.889.